The summed E-state index contributed by atoms with van der Waals surface area (Å²) in [6, 6.07) is 16.7. The largest absolute Gasteiger partial charge is 0.631 e. The van der Waals surface area contributed by atoms with Gasteiger partial charge in [0, 0.05) is 11.0 Å². The molecule has 2 rings (SSSR count). The second-order valence-electron chi connectivity index (χ2n) is 5.42. The minimum atomic E-state index is -4.58. The summed E-state index contributed by atoms with van der Waals surface area (Å²) in [5.41, 5.74) is 1.35. The summed E-state index contributed by atoms with van der Waals surface area (Å²) in [7, 11) is -6.74. The van der Waals surface area contributed by atoms with Crippen molar-refractivity contribution in [2.45, 2.75) is 19.3 Å². The molecule has 5 N–H and O–H groups in total. The maximum absolute atomic E-state index is 11.1. The highest BCUT2D eigenvalue weighted by atomic mass is 31.2. The summed E-state index contributed by atoms with van der Waals surface area (Å²) in [4.78, 5) is 18.0. The molecule has 0 heterocycles. The molecule has 0 aliphatic carbocycles. The van der Waals surface area contributed by atoms with Gasteiger partial charge >= 0.3 is 15.1 Å². The van der Waals surface area contributed by atoms with Crippen molar-refractivity contribution in [1.82, 2.24) is 0 Å². The molecular weight excluding hydrogens is 361 g/mol. The molecule has 0 aliphatic rings. The first kappa shape index (κ1) is 23.9. The van der Waals surface area contributed by atoms with Gasteiger partial charge in [0.05, 0.1) is 0 Å². The van der Waals surface area contributed by atoms with Crippen LogP contribution in [-0.4, -0.2) is 49.5 Å². The van der Waals surface area contributed by atoms with Crippen molar-refractivity contribution in [3.05, 3.63) is 65.7 Å². The summed E-state index contributed by atoms with van der Waals surface area (Å²) in [6.07, 6.45) is 0. The van der Waals surface area contributed by atoms with Gasteiger partial charge in [-0.25, -0.2) is 4.57 Å². The molecule has 0 unspecified atom stereocenters. The third kappa shape index (κ3) is 8.19. The average Bonchev–Trinajstić information content (AvgIpc) is 2.46. The van der Waals surface area contributed by atoms with Crippen LogP contribution < -0.4 is 4.52 Å². The second kappa shape index (κ2) is 10.1. The van der Waals surface area contributed by atoms with E-state index >= 15 is 0 Å². The molecule has 0 spiro atoms. The van der Waals surface area contributed by atoms with Gasteiger partial charge < -0.3 is 19.6 Å². The molecule has 0 bridgehead atoms. The Hall–Kier alpha value is -1.13. The molecule has 0 aromatic heterocycles. The third-order valence-corrected chi connectivity index (χ3v) is 3.71. The Labute approximate surface area is 157 Å². The van der Waals surface area contributed by atoms with Gasteiger partial charge in [-0.2, -0.15) is 0 Å². The fourth-order valence-electron chi connectivity index (χ4n) is 2.20. The highest BCUT2D eigenvalue weighted by molar-refractivity contribution is 7.46. The molecule has 25 heavy (non-hydrogen) atoms. The number of hydrogen-bond donors (Lipinski definition) is 5. The van der Waals surface area contributed by atoms with Crippen molar-refractivity contribution in [2.24, 2.45) is 0 Å². The lowest BCUT2D eigenvalue weighted by Gasteiger charge is -2.28. The van der Waals surface area contributed by atoms with Crippen molar-refractivity contribution in [3.63, 3.8) is 0 Å². The van der Waals surface area contributed by atoms with E-state index in [0.717, 1.165) is 11.1 Å². The number of phosphoric acid groups is 1. The van der Waals surface area contributed by atoms with Crippen LogP contribution in [0.1, 0.15) is 25.0 Å². The smallest absolute Gasteiger partial charge is 0.404 e. The van der Waals surface area contributed by atoms with E-state index in [4.69, 9.17) is 29.4 Å². The van der Waals surface area contributed by atoms with Crippen LogP contribution in [0.25, 0.3) is 0 Å². The van der Waals surface area contributed by atoms with Gasteiger partial charge in [-0.1, -0.05) is 62.4 Å². The predicted octanol–water partition coefficient (Wildman–Crippen LogP) is 0.248. The van der Waals surface area contributed by atoms with Crippen molar-refractivity contribution < 1.29 is 33.9 Å². The Balaban J connectivity index is 0.00000104. The summed E-state index contributed by atoms with van der Waals surface area (Å²) >= 11 is 0. The maximum atomic E-state index is 11.1. The third-order valence-electron chi connectivity index (χ3n) is 3.27. The second-order valence-corrected chi connectivity index (χ2v) is 6.58. The predicted molar refractivity (Wildman–Crippen MR) is 100 cm³/mol. The SMILES string of the molecule is CC(C)(c1ccccc1)c1ccccc1OP(=O)(O)O.OB(O)O.[AlH3]. The molecule has 2 aromatic carbocycles. The van der Waals surface area contributed by atoms with Gasteiger partial charge in [0.15, 0.2) is 17.4 Å². The van der Waals surface area contributed by atoms with Crippen LogP contribution in [0.15, 0.2) is 54.6 Å². The Morgan fingerprint density at radius 3 is 1.84 bits per heavy atom. The first-order valence-electron chi connectivity index (χ1n) is 6.98. The van der Waals surface area contributed by atoms with Gasteiger partial charge in [-0.3, -0.25) is 9.79 Å². The first-order valence-corrected chi connectivity index (χ1v) is 8.51. The molecular formula is C15H23AlBO7P. The molecule has 0 radical (unpaired) electrons. The van der Waals surface area contributed by atoms with Gasteiger partial charge in [-0.15, -0.1) is 0 Å². The van der Waals surface area contributed by atoms with Crippen molar-refractivity contribution in [1.29, 1.82) is 0 Å². The molecule has 136 valence electrons. The van der Waals surface area contributed by atoms with Crippen molar-refractivity contribution in [3.8, 4) is 5.75 Å². The summed E-state index contributed by atoms with van der Waals surface area (Å²) in [5, 5.41) is 21.5. The van der Waals surface area contributed by atoms with Gasteiger partial charge in [0.25, 0.3) is 0 Å². The Morgan fingerprint density at radius 2 is 1.36 bits per heavy atom. The number of hydrogen-bond acceptors (Lipinski definition) is 5. The number of rotatable bonds is 4. The quantitative estimate of drug-likeness (QED) is 0.378. The number of para-hydroxylation sites is 1. The maximum Gasteiger partial charge on any atom is 0.631 e. The van der Waals surface area contributed by atoms with E-state index in [2.05, 4.69) is 0 Å². The van der Waals surface area contributed by atoms with E-state index in [1.807, 2.05) is 56.3 Å². The molecule has 0 aliphatic heterocycles. The monoisotopic (exact) mass is 384 g/mol. The van der Waals surface area contributed by atoms with Crippen molar-refractivity contribution in [2.75, 3.05) is 0 Å². The lowest BCUT2D eigenvalue weighted by molar-refractivity contribution is 0.277. The van der Waals surface area contributed by atoms with Gasteiger partial charge in [-0.05, 0) is 11.6 Å². The zero-order valence-corrected chi connectivity index (χ0v) is 14.2. The molecule has 0 saturated carbocycles. The molecule has 0 fully saturated rings. The van der Waals surface area contributed by atoms with E-state index in [1.165, 1.54) is 0 Å². The summed E-state index contributed by atoms with van der Waals surface area (Å²) < 4.78 is 15.9. The van der Waals surface area contributed by atoms with E-state index in [9.17, 15) is 4.57 Å². The molecule has 0 atom stereocenters. The van der Waals surface area contributed by atoms with Crippen LogP contribution in [0.4, 0.5) is 0 Å². The van der Waals surface area contributed by atoms with E-state index in [1.54, 1.807) is 12.1 Å². The molecule has 7 nitrogen and oxygen atoms in total. The molecule has 0 amide bonds. The number of phosphoric ester groups is 1. The minimum Gasteiger partial charge on any atom is -0.404 e. The summed E-state index contributed by atoms with van der Waals surface area (Å²) in [5.74, 6) is 0.203. The van der Waals surface area contributed by atoms with Crippen molar-refractivity contribution >= 4 is 32.5 Å². The molecule has 2 aromatic rings. The molecule has 10 heteroatoms. The highest BCUT2D eigenvalue weighted by Gasteiger charge is 2.28. The zero-order valence-electron chi connectivity index (χ0n) is 13.3. The van der Waals surface area contributed by atoms with Crippen LogP contribution in [0, 0.1) is 0 Å². The highest BCUT2D eigenvalue weighted by Crippen LogP contribution is 2.44. The summed E-state index contributed by atoms with van der Waals surface area (Å²) in [6.45, 7) is 3.98. The normalized spacial score (nSPS) is 10.8. The van der Waals surface area contributed by atoms with Crippen LogP contribution in [-0.2, 0) is 9.98 Å². The lowest BCUT2D eigenvalue weighted by Crippen LogP contribution is -2.19. The molecule has 0 saturated heterocycles. The minimum absolute atomic E-state index is 0. The van der Waals surface area contributed by atoms with Crippen LogP contribution in [0.3, 0.4) is 0 Å². The topological polar surface area (TPSA) is 127 Å². The standard InChI is InChI=1S/C15H17O4P.Al.BH3O3.3H/c1-15(2,12-8-4-3-5-9-12)13-10-6-7-11-14(13)19-20(16,17)18;;2-1(3)4;;;/h3-11H,1-2H3,(H2,16,17,18);;2-4H;;;. The zero-order chi connectivity index (χ0) is 18.4. The Morgan fingerprint density at radius 1 is 0.920 bits per heavy atom. The van der Waals surface area contributed by atoms with Gasteiger partial charge in [0.1, 0.15) is 5.75 Å². The van der Waals surface area contributed by atoms with E-state index in [0.29, 0.717) is 0 Å². The van der Waals surface area contributed by atoms with E-state index < -0.39 is 20.6 Å². The van der Waals surface area contributed by atoms with Gasteiger partial charge in [0.2, 0.25) is 0 Å². The number of benzene rings is 2. The Bertz CT molecular complexity index is 689. The fraction of sp³-hybridized carbons (Fsp3) is 0.200. The fourth-order valence-corrected chi connectivity index (χ4v) is 2.62. The lowest BCUT2D eigenvalue weighted by atomic mass is 9.78. The van der Waals surface area contributed by atoms with E-state index in [-0.39, 0.29) is 23.1 Å². The van der Waals surface area contributed by atoms with Crippen LogP contribution in [0.2, 0.25) is 0 Å². The van der Waals surface area contributed by atoms with Crippen LogP contribution >= 0.6 is 7.82 Å². The average molecular weight is 384 g/mol. The first-order chi connectivity index (χ1) is 11.0. The van der Waals surface area contributed by atoms with Crippen LogP contribution in [0.5, 0.6) is 5.75 Å². The Kier molecular flexibility index (Phi) is 9.66.